The van der Waals surface area contributed by atoms with Gasteiger partial charge < -0.3 is 10.1 Å². The number of hydrogen-bond donors (Lipinski definition) is 1. The molecule has 126 valence electrons. The van der Waals surface area contributed by atoms with E-state index in [9.17, 15) is 4.79 Å². The molecule has 4 rings (SSSR count). The number of rotatable bonds is 3. The van der Waals surface area contributed by atoms with E-state index in [2.05, 4.69) is 15.4 Å². The van der Waals surface area contributed by atoms with Crippen LogP contribution in [0.15, 0.2) is 41.2 Å². The first-order chi connectivity index (χ1) is 12.0. The number of nitrogens with one attached hydrogen (secondary N) is 1. The number of aromatic nitrogens is 3. The lowest BCUT2D eigenvalue weighted by atomic mass is 10.2. The van der Waals surface area contributed by atoms with Gasteiger partial charge in [-0.15, -0.1) is 5.10 Å². The highest BCUT2D eigenvalue weighted by Crippen LogP contribution is 2.31. The number of benzene rings is 2. The molecule has 0 aliphatic rings. The third-order valence-corrected chi connectivity index (χ3v) is 4.81. The molecule has 0 unspecified atom stereocenters. The van der Waals surface area contributed by atoms with E-state index in [0.29, 0.717) is 37.5 Å². The molecule has 0 atom stereocenters. The van der Waals surface area contributed by atoms with Crippen LogP contribution in [-0.4, -0.2) is 21.7 Å². The van der Waals surface area contributed by atoms with E-state index in [4.69, 9.17) is 16.3 Å². The van der Waals surface area contributed by atoms with Crippen LogP contribution < -0.4 is 15.6 Å². The minimum Gasteiger partial charge on any atom is -0.495 e. The Balaban J connectivity index is 1.85. The van der Waals surface area contributed by atoms with Crippen LogP contribution in [0.5, 0.6) is 5.75 Å². The molecule has 0 bridgehead atoms. The number of halogens is 1. The van der Waals surface area contributed by atoms with E-state index in [1.54, 1.807) is 25.3 Å². The Morgan fingerprint density at radius 2 is 2.08 bits per heavy atom. The van der Waals surface area contributed by atoms with Gasteiger partial charge in [0.05, 0.1) is 23.7 Å². The summed E-state index contributed by atoms with van der Waals surface area (Å²) in [5, 5.41) is 9.13. The second-order valence-electron chi connectivity index (χ2n) is 5.51. The number of methoxy groups -OCH3 is 1. The molecule has 0 aliphatic heterocycles. The second-order valence-corrected chi connectivity index (χ2v) is 6.90. The second kappa shape index (κ2) is 6.02. The molecule has 0 aliphatic carbocycles. The first-order valence-electron chi connectivity index (χ1n) is 7.46. The van der Waals surface area contributed by atoms with E-state index >= 15 is 0 Å². The average Bonchev–Trinajstić information content (AvgIpc) is 2.99. The van der Waals surface area contributed by atoms with E-state index in [-0.39, 0.29) is 5.56 Å². The van der Waals surface area contributed by atoms with Crippen LogP contribution in [0.3, 0.4) is 0 Å². The maximum atomic E-state index is 12.7. The molecule has 2 aromatic heterocycles. The Morgan fingerprint density at radius 3 is 2.88 bits per heavy atom. The SMILES string of the molecule is COc1ccc(Cl)cc1Nc1nn2c(=O)c3cc(C)ccc3nc2s1. The summed E-state index contributed by atoms with van der Waals surface area (Å²) < 4.78 is 6.63. The molecule has 0 saturated carbocycles. The zero-order chi connectivity index (χ0) is 17.6. The van der Waals surface area contributed by atoms with Crippen molar-refractivity contribution < 1.29 is 4.74 Å². The molecule has 2 heterocycles. The zero-order valence-electron chi connectivity index (χ0n) is 13.4. The molecular weight excluding hydrogens is 360 g/mol. The van der Waals surface area contributed by atoms with E-state index in [0.717, 1.165) is 5.56 Å². The monoisotopic (exact) mass is 372 g/mol. The molecule has 6 nitrogen and oxygen atoms in total. The van der Waals surface area contributed by atoms with Crippen molar-refractivity contribution in [1.29, 1.82) is 0 Å². The molecule has 25 heavy (non-hydrogen) atoms. The zero-order valence-corrected chi connectivity index (χ0v) is 15.0. The third-order valence-electron chi connectivity index (χ3n) is 3.75. The highest BCUT2D eigenvalue weighted by atomic mass is 35.5. The third kappa shape index (κ3) is 2.81. The Morgan fingerprint density at radius 1 is 1.24 bits per heavy atom. The smallest absolute Gasteiger partial charge is 0.283 e. The summed E-state index contributed by atoms with van der Waals surface area (Å²) >= 11 is 7.33. The number of anilines is 2. The summed E-state index contributed by atoms with van der Waals surface area (Å²) in [5.41, 5.74) is 2.14. The average molecular weight is 373 g/mol. The van der Waals surface area contributed by atoms with Gasteiger partial charge in [0, 0.05) is 5.02 Å². The molecule has 1 N–H and O–H groups in total. The number of hydrogen-bond acceptors (Lipinski definition) is 6. The van der Waals surface area contributed by atoms with Crippen molar-refractivity contribution in [2.45, 2.75) is 6.92 Å². The number of nitrogens with zero attached hydrogens (tertiary/aromatic N) is 3. The van der Waals surface area contributed by atoms with Gasteiger partial charge in [-0.05, 0) is 37.3 Å². The van der Waals surface area contributed by atoms with Gasteiger partial charge in [-0.3, -0.25) is 4.79 Å². The summed E-state index contributed by atoms with van der Waals surface area (Å²) in [6, 6.07) is 10.8. The van der Waals surface area contributed by atoms with Crippen molar-refractivity contribution in [3.8, 4) is 5.75 Å². The van der Waals surface area contributed by atoms with Gasteiger partial charge in [0.1, 0.15) is 5.75 Å². The summed E-state index contributed by atoms with van der Waals surface area (Å²) in [6.07, 6.45) is 0. The Bertz CT molecular complexity index is 1170. The van der Waals surface area contributed by atoms with Crippen molar-refractivity contribution in [3.05, 3.63) is 57.3 Å². The van der Waals surface area contributed by atoms with Crippen LogP contribution in [0, 0.1) is 6.92 Å². The van der Waals surface area contributed by atoms with Crippen molar-refractivity contribution in [3.63, 3.8) is 0 Å². The van der Waals surface area contributed by atoms with Crippen molar-refractivity contribution >= 4 is 49.6 Å². The van der Waals surface area contributed by atoms with Crippen LogP contribution in [0.2, 0.25) is 5.02 Å². The topological polar surface area (TPSA) is 68.5 Å². The van der Waals surface area contributed by atoms with Crippen LogP contribution in [0.25, 0.3) is 15.9 Å². The molecule has 0 spiro atoms. The fraction of sp³-hybridized carbons (Fsp3) is 0.118. The lowest BCUT2D eigenvalue weighted by Crippen LogP contribution is -2.15. The van der Waals surface area contributed by atoms with Crippen LogP contribution in [0.4, 0.5) is 10.8 Å². The Kier molecular flexibility index (Phi) is 3.82. The van der Waals surface area contributed by atoms with Gasteiger partial charge in [-0.2, -0.15) is 4.52 Å². The molecule has 0 amide bonds. The fourth-order valence-corrected chi connectivity index (χ4v) is 3.55. The first kappa shape index (κ1) is 15.9. The van der Waals surface area contributed by atoms with E-state index in [1.807, 2.05) is 25.1 Å². The number of fused-ring (bicyclic) bond motifs is 2. The maximum Gasteiger partial charge on any atom is 0.283 e. The molecular formula is C17H13ClN4O2S. The molecule has 4 aromatic rings. The predicted molar refractivity (Wildman–Crippen MR) is 101 cm³/mol. The lowest BCUT2D eigenvalue weighted by Gasteiger charge is -2.08. The van der Waals surface area contributed by atoms with Gasteiger partial charge in [-0.1, -0.05) is 34.6 Å². The Hall–Kier alpha value is -2.64. The van der Waals surface area contributed by atoms with E-state index in [1.165, 1.54) is 15.9 Å². The highest BCUT2D eigenvalue weighted by Gasteiger charge is 2.13. The highest BCUT2D eigenvalue weighted by molar-refractivity contribution is 7.20. The van der Waals surface area contributed by atoms with Crippen LogP contribution in [-0.2, 0) is 0 Å². The molecule has 2 aromatic carbocycles. The lowest BCUT2D eigenvalue weighted by molar-refractivity contribution is 0.417. The fourth-order valence-electron chi connectivity index (χ4n) is 2.57. The first-order valence-corrected chi connectivity index (χ1v) is 8.65. The summed E-state index contributed by atoms with van der Waals surface area (Å²) in [4.78, 5) is 17.7. The van der Waals surface area contributed by atoms with Crippen LogP contribution in [0.1, 0.15) is 5.56 Å². The van der Waals surface area contributed by atoms with Gasteiger partial charge in [-0.25, -0.2) is 4.98 Å². The van der Waals surface area contributed by atoms with Gasteiger partial charge in [0.2, 0.25) is 10.1 Å². The van der Waals surface area contributed by atoms with Gasteiger partial charge in [0.15, 0.2) is 0 Å². The number of ether oxygens (including phenoxy) is 1. The maximum absolute atomic E-state index is 12.7. The molecule has 0 radical (unpaired) electrons. The number of aryl methyl sites for hydroxylation is 1. The minimum atomic E-state index is -0.189. The van der Waals surface area contributed by atoms with Gasteiger partial charge >= 0.3 is 0 Å². The van der Waals surface area contributed by atoms with Gasteiger partial charge in [0.25, 0.3) is 5.56 Å². The van der Waals surface area contributed by atoms with Crippen molar-refractivity contribution in [2.75, 3.05) is 12.4 Å². The summed E-state index contributed by atoms with van der Waals surface area (Å²) in [6.45, 7) is 1.94. The van der Waals surface area contributed by atoms with Crippen molar-refractivity contribution in [2.24, 2.45) is 0 Å². The van der Waals surface area contributed by atoms with Crippen LogP contribution >= 0.6 is 22.9 Å². The largest absolute Gasteiger partial charge is 0.495 e. The molecule has 0 saturated heterocycles. The minimum absolute atomic E-state index is 0.189. The Labute approximate surface area is 151 Å². The quantitative estimate of drug-likeness (QED) is 0.588. The molecule has 8 heteroatoms. The van der Waals surface area contributed by atoms with Crippen molar-refractivity contribution in [1.82, 2.24) is 14.6 Å². The standard InChI is InChI=1S/C17H13ClN4O2S/c1-9-3-5-12-11(7-9)15(23)22-17(20-12)25-16(21-22)19-13-8-10(18)4-6-14(13)24-2/h3-8H,1-2H3,(H,19,21). The normalized spacial score (nSPS) is 11.2. The summed E-state index contributed by atoms with van der Waals surface area (Å²) in [5.74, 6) is 0.629. The predicted octanol–water partition coefficient (Wildman–Crippen LogP) is 4.02. The summed E-state index contributed by atoms with van der Waals surface area (Å²) in [7, 11) is 1.58. The van der Waals surface area contributed by atoms with E-state index < -0.39 is 0 Å². The molecule has 0 fully saturated rings.